The summed E-state index contributed by atoms with van der Waals surface area (Å²) in [6, 6.07) is 8.55. The van der Waals surface area contributed by atoms with Crippen LogP contribution in [0.15, 0.2) is 54.6 Å². The molecule has 242 valence electrons. The third-order valence-electron chi connectivity index (χ3n) is 8.36. The summed E-state index contributed by atoms with van der Waals surface area (Å²) < 4.78 is 20.4. The number of nitro groups is 2. The van der Waals surface area contributed by atoms with Crippen LogP contribution in [0.25, 0.3) is 0 Å². The van der Waals surface area contributed by atoms with Crippen molar-refractivity contribution in [2.24, 2.45) is 0 Å². The van der Waals surface area contributed by atoms with Gasteiger partial charge in [-0.2, -0.15) is 0 Å². The molecule has 3 aromatic rings. The minimum atomic E-state index is -1.88. The van der Waals surface area contributed by atoms with Gasteiger partial charge in [0.15, 0.2) is 5.78 Å². The molecule has 12 nitrogen and oxygen atoms in total. The summed E-state index contributed by atoms with van der Waals surface area (Å²) >= 11 is 12.3. The number of fused-ring (bicyclic) bond motifs is 2. The number of halogens is 3. The fraction of sp³-hybridized carbons (Fsp3) is 0.323. The number of amides is 1. The Morgan fingerprint density at radius 1 is 1.11 bits per heavy atom. The van der Waals surface area contributed by atoms with Crippen molar-refractivity contribution < 1.29 is 33.4 Å². The van der Waals surface area contributed by atoms with Crippen molar-refractivity contribution in [3.05, 3.63) is 113 Å². The number of carbonyl (C=O) groups is 3. The lowest BCUT2D eigenvalue weighted by Gasteiger charge is -2.38. The van der Waals surface area contributed by atoms with E-state index in [1.54, 1.807) is 6.92 Å². The molecule has 2 aliphatic heterocycles. The largest absolute Gasteiger partial charge is 0.465 e. The quantitative estimate of drug-likeness (QED) is 0.117. The van der Waals surface area contributed by atoms with E-state index in [0.717, 1.165) is 19.2 Å². The van der Waals surface area contributed by atoms with Crippen LogP contribution in [0.1, 0.15) is 65.0 Å². The molecular weight excluding hydrogens is 646 g/mol. The van der Waals surface area contributed by atoms with Crippen LogP contribution in [0, 0.1) is 26.0 Å². The van der Waals surface area contributed by atoms with E-state index >= 15 is 4.39 Å². The number of nitrogens with one attached hydrogen (secondary N) is 1. The second-order valence-corrected chi connectivity index (χ2v) is 11.5. The summed E-state index contributed by atoms with van der Waals surface area (Å²) in [5.41, 5.74) is -2.80. The van der Waals surface area contributed by atoms with Crippen molar-refractivity contribution in [3.8, 4) is 0 Å². The SMILES string of the molecule is C.CCCN1[C@@H](CC(=O)c2ccc(C(=O)OC)cc2[N+](=O)[O-])C([N+](=O)[O-])[C@H](c2cccc(Cl)c2F)[C@]12C(=O)Nc1cc(Cl)ccc12. The first-order valence-electron chi connectivity index (χ1n) is 13.7. The molecule has 2 heterocycles. The molecule has 0 aliphatic carbocycles. The molecule has 1 spiro atoms. The van der Waals surface area contributed by atoms with E-state index in [1.807, 2.05) is 0 Å². The number of hydrogen-bond acceptors (Lipinski definition) is 9. The topological polar surface area (TPSA) is 162 Å². The van der Waals surface area contributed by atoms with Gasteiger partial charge < -0.3 is 10.1 Å². The number of Topliss-reactive ketones (excluding diaryl/α,β-unsaturated/α-hetero) is 1. The molecule has 4 atom stereocenters. The van der Waals surface area contributed by atoms with Gasteiger partial charge in [0.1, 0.15) is 11.4 Å². The maximum atomic E-state index is 15.8. The highest BCUT2D eigenvalue weighted by Crippen LogP contribution is 2.59. The number of anilines is 1. The van der Waals surface area contributed by atoms with E-state index in [4.69, 9.17) is 23.2 Å². The molecule has 15 heteroatoms. The van der Waals surface area contributed by atoms with Crippen molar-refractivity contribution in [3.63, 3.8) is 0 Å². The van der Waals surface area contributed by atoms with Crippen molar-refractivity contribution in [2.75, 3.05) is 19.0 Å². The Bertz CT molecular complexity index is 1770. The number of ether oxygens (including phenoxy) is 1. The summed E-state index contributed by atoms with van der Waals surface area (Å²) in [4.78, 5) is 65.0. The van der Waals surface area contributed by atoms with Crippen LogP contribution < -0.4 is 5.32 Å². The van der Waals surface area contributed by atoms with Gasteiger partial charge in [-0.3, -0.25) is 34.7 Å². The van der Waals surface area contributed by atoms with Gasteiger partial charge in [0.05, 0.1) is 40.1 Å². The van der Waals surface area contributed by atoms with Crippen LogP contribution in [0.5, 0.6) is 0 Å². The summed E-state index contributed by atoms with van der Waals surface area (Å²) in [7, 11) is 1.09. The molecule has 5 rings (SSSR count). The highest BCUT2D eigenvalue weighted by atomic mass is 35.5. The fourth-order valence-electron chi connectivity index (χ4n) is 6.69. The van der Waals surface area contributed by atoms with E-state index in [-0.39, 0.29) is 40.8 Å². The average Bonchev–Trinajstić information content (AvgIpc) is 3.44. The number of likely N-dealkylation sites (tertiary alicyclic amines) is 1. The number of nitrogens with zero attached hydrogens (tertiary/aromatic N) is 3. The molecule has 1 amide bonds. The summed E-state index contributed by atoms with van der Waals surface area (Å²) in [5.74, 6) is -4.85. The van der Waals surface area contributed by atoms with Crippen molar-refractivity contribution in [1.29, 1.82) is 0 Å². The maximum Gasteiger partial charge on any atom is 0.338 e. The van der Waals surface area contributed by atoms with Gasteiger partial charge in [0.25, 0.3) is 11.6 Å². The van der Waals surface area contributed by atoms with E-state index in [1.165, 1.54) is 47.4 Å². The first kappa shape index (κ1) is 34.4. The highest BCUT2D eigenvalue weighted by molar-refractivity contribution is 6.31. The van der Waals surface area contributed by atoms with Gasteiger partial charge >= 0.3 is 5.97 Å². The van der Waals surface area contributed by atoms with E-state index in [0.29, 0.717) is 12.0 Å². The van der Waals surface area contributed by atoms with Gasteiger partial charge in [-0.05, 0) is 43.3 Å². The molecule has 0 bridgehead atoms. The molecule has 1 unspecified atom stereocenters. The molecule has 0 aromatic heterocycles. The first-order valence-corrected chi connectivity index (χ1v) is 14.5. The van der Waals surface area contributed by atoms with Gasteiger partial charge in [0.2, 0.25) is 6.04 Å². The Hall–Kier alpha value is -4.46. The van der Waals surface area contributed by atoms with Crippen LogP contribution in [-0.2, 0) is 15.1 Å². The number of esters is 1. The monoisotopic (exact) mass is 674 g/mol. The summed E-state index contributed by atoms with van der Waals surface area (Å²) in [6.07, 6.45) is -0.285. The lowest BCUT2D eigenvalue weighted by Crippen LogP contribution is -2.52. The minimum Gasteiger partial charge on any atom is -0.465 e. The van der Waals surface area contributed by atoms with Gasteiger partial charge in [-0.1, -0.05) is 55.8 Å². The smallest absolute Gasteiger partial charge is 0.338 e. The molecule has 3 aromatic carbocycles. The highest BCUT2D eigenvalue weighted by Gasteiger charge is 2.71. The van der Waals surface area contributed by atoms with Crippen molar-refractivity contribution in [1.82, 2.24) is 4.90 Å². The van der Waals surface area contributed by atoms with E-state index < -0.39 is 74.5 Å². The Labute approximate surface area is 272 Å². The predicted octanol–water partition coefficient (Wildman–Crippen LogP) is 6.41. The zero-order chi connectivity index (χ0) is 32.8. The molecule has 0 saturated carbocycles. The molecule has 1 N–H and O–H groups in total. The number of ketones is 1. The van der Waals surface area contributed by atoms with Crippen LogP contribution >= 0.6 is 23.2 Å². The summed E-state index contributed by atoms with van der Waals surface area (Å²) in [6.45, 7) is 1.83. The standard InChI is InChI=1S/C30H25Cl2FN4O8.CH4/c1-3-11-35-23(14-24(38)17-9-7-15(28(39)45-2)12-22(17)36(41)42)27(37(43)44)25(18-5-4-6-20(32)26(18)33)30(35)19-10-8-16(31)13-21(19)34-29(30)40;/h4-10,12-13,23,25,27H,3,11,14H2,1-2H3,(H,34,40);1H4/t23-,25-,27?,30+;/m0./s1. The van der Waals surface area contributed by atoms with Crippen molar-refractivity contribution in [2.45, 2.75) is 50.7 Å². The lowest BCUT2D eigenvalue weighted by molar-refractivity contribution is -0.528. The predicted molar refractivity (Wildman–Crippen MR) is 168 cm³/mol. The van der Waals surface area contributed by atoms with Crippen LogP contribution in [0.2, 0.25) is 10.0 Å². The van der Waals surface area contributed by atoms with E-state index in [9.17, 15) is 34.6 Å². The molecule has 2 aliphatic rings. The third kappa shape index (κ3) is 5.37. The lowest BCUT2D eigenvalue weighted by atomic mass is 9.73. The fourth-order valence-corrected chi connectivity index (χ4v) is 7.04. The third-order valence-corrected chi connectivity index (χ3v) is 8.89. The van der Waals surface area contributed by atoms with Crippen LogP contribution in [0.3, 0.4) is 0 Å². The Balaban J connectivity index is 0.00000480. The normalized spacial score (nSPS) is 21.8. The molecule has 1 fully saturated rings. The number of rotatable bonds is 9. The molecule has 46 heavy (non-hydrogen) atoms. The Morgan fingerprint density at radius 2 is 1.83 bits per heavy atom. The van der Waals surface area contributed by atoms with Gasteiger partial charge in [0, 0.05) is 39.2 Å². The molecule has 0 radical (unpaired) electrons. The number of carbonyl (C=O) groups excluding carboxylic acids is 3. The van der Waals surface area contributed by atoms with E-state index in [2.05, 4.69) is 10.1 Å². The van der Waals surface area contributed by atoms with Gasteiger partial charge in [-0.25, -0.2) is 9.18 Å². The van der Waals surface area contributed by atoms with Crippen LogP contribution in [0.4, 0.5) is 15.8 Å². The molecular formula is C31H29Cl2FN4O8. The maximum absolute atomic E-state index is 15.8. The summed E-state index contributed by atoms with van der Waals surface area (Å²) in [5, 5.41) is 27.7. The van der Waals surface area contributed by atoms with Gasteiger partial charge in [-0.15, -0.1) is 0 Å². The zero-order valence-electron chi connectivity index (χ0n) is 23.8. The second-order valence-electron chi connectivity index (χ2n) is 10.7. The first-order chi connectivity index (χ1) is 21.4. The average molecular weight is 675 g/mol. The number of methoxy groups -OCH3 is 1. The Kier molecular flexibility index (Phi) is 9.81. The van der Waals surface area contributed by atoms with Crippen LogP contribution in [-0.4, -0.2) is 58.1 Å². The Morgan fingerprint density at radius 3 is 2.46 bits per heavy atom. The number of nitro benzene ring substituents is 1. The second kappa shape index (κ2) is 13.1. The zero-order valence-corrected chi connectivity index (χ0v) is 25.3. The van der Waals surface area contributed by atoms with Crippen molar-refractivity contribution >= 4 is 52.2 Å². The molecule has 1 saturated heterocycles. The number of benzene rings is 3. The number of hydrogen-bond donors (Lipinski definition) is 1. The minimum absolute atomic E-state index is 0.